The van der Waals surface area contributed by atoms with Crippen LogP contribution in [0.2, 0.25) is 0 Å². The minimum Gasteiger partial charge on any atom is -0.381 e. The Morgan fingerprint density at radius 3 is 2.61 bits per heavy atom. The van der Waals surface area contributed by atoms with Gasteiger partial charge in [0.25, 0.3) is 0 Å². The molecule has 0 bridgehead atoms. The Kier molecular flexibility index (Phi) is 6.58. The number of ether oxygens (including phenoxy) is 1. The molecule has 1 aliphatic heterocycles. The van der Waals surface area contributed by atoms with Gasteiger partial charge in [-0.15, -0.1) is 24.0 Å². The Bertz CT molecular complexity index is 425. The average Bonchev–Trinajstić information content (AvgIpc) is 3.25. The second-order valence-corrected chi connectivity index (χ2v) is 7.81. The van der Waals surface area contributed by atoms with E-state index >= 15 is 0 Å². The number of guanidine groups is 1. The highest BCUT2D eigenvalue weighted by Crippen LogP contribution is 2.42. The maximum Gasteiger partial charge on any atom is 0.191 e. The van der Waals surface area contributed by atoms with Crippen LogP contribution in [0.25, 0.3) is 0 Å². The van der Waals surface area contributed by atoms with Crippen molar-refractivity contribution < 1.29 is 4.74 Å². The fourth-order valence-corrected chi connectivity index (χ4v) is 3.93. The van der Waals surface area contributed by atoms with Crippen LogP contribution in [0.15, 0.2) is 4.99 Å². The number of nitrogens with one attached hydrogen (secondary N) is 2. The second-order valence-electron chi connectivity index (χ2n) is 7.81. The zero-order chi connectivity index (χ0) is 15.7. The molecule has 2 aliphatic carbocycles. The summed E-state index contributed by atoms with van der Waals surface area (Å²) < 4.78 is 5.52. The summed E-state index contributed by atoms with van der Waals surface area (Å²) in [7, 11) is 3.67. The number of aliphatic imine (C=N–C) groups is 1. The van der Waals surface area contributed by atoms with E-state index in [0.717, 1.165) is 30.9 Å². The zero-order valence-corrected chi connectivity index (χ0v) is 17.3. The first-order valence-corrected chi connectivity index (χ1v) is 8.78. The highest BCUT2D eigenvalue weighted by atomic mass is 127. The standard InChI is InChI=1S/C17H32N4O.HI/c1-17(2)14(9-15(17)22-4)20-16(18-3)19-10-12-7-8-21(11-12)13-5-6-13;/h12-15H,5-11H2,1-4H3,(H2,18,19,20);1H. The minimum absolute atomic E-state index is 0. The molecule has 23 heavy (non-hydrogen) atoms. The summed E-state index contributed by atoms with van der Waals surface area (Å²) in [6.07, 6.45) is 5.57. The van der Waals surface area contributed by atoms with Crippen molar-refractivity contribution in [1.29, 1.82) is 0 Å². The first-order valence-electron chi connectivity index (χ1n) is 8.78. The van der Waals surface area contributed by atoms with Crippen LogP contribution in [0, 0.1) is 11.3 Å². The number of rotatable bonds is 5. The lowest BCUT2D eigenvalue weighted by molar-refractivity contribution is -0.0922. The van der Waals surface area contributed by atoms with Crippen molar-refractivity contribution in [2.75, 3.05) is 33.8 Å². The fourth-order valence-electron chi connectivity index (χ4n) is 3.93. The predicted molar refractivity (Wildman–Crippen MR) is 106 cm³/mol. The van der Waals surface area contributed by atoms with Gasteiger partial charge < -0.3 is 20.3 Å². The zero-order valence-electron chi connectivity index (χ0n) is 15.0. The SMILES string of the molecule is CN=C(NCC1CCN(C2CC2)C1)NC1CC(OC)C1(C)C.I. The van der Waals surface area contributed by atoms with Crippen LogP contribution in [-0.4, -0.2) is 62.8 Å². The number of likely N-dealkylation sites (tertiary alicyclic amines) is 1. The van der Waals surface area contributed by atoms with Gasteiger partial charge >= 0.3 is 0 Å². The molecule has 5 nitrogen and oxygen atoms in total. The van der Waals surface area contributed by atoms with Gasteiger partial charge in [-0.2, -0.15) is 0 Å². The summed E-state index contributed by atoms with van der Waals surface area (Å²) in [5, 5.41) is 7.11. The van der Waals surface area contributed by atoms with Gasteiger partial charge in [0.1, 0.15) is 0 Å². The van der Waals surface area contributed by atoms with Crippen molar-refractivity contribution in [1.82, 2.24) is 15.5 Å². The summed E-state index contributed by atoms with van der Waals surface area (Å²) >= 11 is 0. The molecular weight excluding hydrogens is 403 g/mol. The van der Waals surface area contributed by atoms with Crippen LogP contribution in [0.1, 0.15) is 39.5 Å². The summed E-state index contributed by atoms with van der Waals surface area (Å²) in [6, 6.07) is 1.35. The molecule has 0 radical (unpaired) electrons. The quantitative estimate of drug-likeness (QED) is 0.394. The topological polar surface area (TPSA) is 48.9 Å². The van der Waals surface area contributed by atoms with Crippen molar-refractivity contribution >= 4 is 29.9 Å². The van der Waals surface area contributed by atoms with E-state index in [0.29, 0.717) is 12.1 Å². The van der Waals surface area contributed by atoms with Gasteiger partial charge in [-0.1, -0.05) is 13.8 Å². The largest absolute Gasteiger partial charge is 0.381 e. The molecule has 3 atom stereocenters. The molecule has 0 aromatic carbocycles. The van der Waals surface area contributed by atoms with E-state index in [1.807, 2.05) is 7.05 Å². The Balaban J connectivity index is 0.00000192. The van der Waals surface area contributed by atoms with Crippen molar-refractivity contribution in [3.8, 4) is 0 Å². The Morgan fingerprint density at radius 1 is 1.30 bits per heavy atom. The predicted octanol–water partition coefficient (Wildman–Crippen LogP) is 2.07. The van der Waals surface area contributed by atoms with Gasteiger partial charge in [0.05, 0.1) is 6.10 Å². The van der Waals surface area contributed by atoms with Gasteiger partial charge in [0, 0.05) is 44.7 Å². The molecule has 134 valence electrons. The third-order valence-electron chi connectivity index (χ3n) is 5.94. The fraction of sp³-hybridized carbons (Fsp3) is 0.941. The lowest BCUT2D eigenvalue weighted by Gasteiger charge is -2.51. The van der Waals surface area contributed by atoms with Crippen LogP contribution in [0.4, 0.5) is 0 Å². The molecule has 0 amide bonds. The maximum absolute atomic E-state index is 5.52. The molecule has 2 saturated carbocycles. The third-order valence-corrected chi connectivity index (χ3v) is 5.94. The first-order chi connectivity index (χ1) is 10.5. The van der Waals surface area contributed by atoms with Gasteiger partial charge in [0.2, 0.25) is 0 Å². The van der Waals surface area contributed by atoms with Crippen LogP contribution >= 0.6 is 24.0 Å². The molecule has 0 spiro atoms. The van der Waals surface area contributed by atoms with Crippen molar-refractivity contribution in [2.45, 2.75) is 57.7 Å². The van der Waals surface area contributed by atoms with Gasteiger partial charge in [0.15, 0.2) is 5.96 Å². The van der Waals surface area contributed by atoms with Gasteiger partial charge in [-0.25, -0.2) is 0 Å². The third kappa shape index (κ3) is 4.31. The van der Waals surface area contributed by atoms with E-state index in [-0.39, 0.29) is 29.4 Å². The van der Waals surface area contributed by atoms with Gasteiger partial charge in [-0.3, -0.25) is 4.99 Å². The van der Waals surface area contributed by atoms with E-state index in [1.165, 1.54) is 32.4 Å². The molecule has 0 aromatic rings. The summed E-state index contributed by atoms with van der Waals surface area (Å²) in [6.45, 7) is 8.10. The van der Waals surface area contributed by atoms with Crippen molar-refractivity contribution in [2.24, 2.45) is 16.3 Å². The van der Waals surface area contributed by atoms with Crippen LogP contribution in [0.3, 0.4) is 0 Å². The van der Waals surface area contributed by atoms with Crippen LogP contribution < -0.4 is 10.6 Å². The highest BCUT2D eigenvalue weighted by Gasteiger charge is 2.49. The molecule has 0 aromatic heterocycles. The van der Waals surface area contributed by atoms with E-state index in [9.17, 15) is 0 Å². The first kappa shape index (κ1) is 19.2. The Morgan fingerprint density at radius 2 is 2.04 bits per heavy atom. The average molecular weight is 436 g/mol. The van der Waals surface area contributed by atoms with Crippen molar-refractivity contribution in [3.05, 3.63) is 0 Å². The normalized spacial score (nSPS) is 33.7. The Hall–Kier alpha value is -0.0800. The molecule has 3 fully saturated rings. The minimum atomic E-state index is 0. The molecule has 2 N–H and O–H groups in total. The van der Waals surface area contributed by atoms with Crippen LogP contribution in [-0.2, 0) is 4.74 Å². The number of methoxy groups -OCH3 is 1. The van der Waals surface area contributed by atoms with E-state index in [2.05, 4.69) is 34.4 Å². The number of halogens is 1. The Labute approximate surface area is 158 Å². The molecule has 6 heteroatoms. The molecule has 1 saturated heterocycles. The number of hydrogen-bond donors (Lipinski definition) is 2. The monoisotopic (exact) mass is 436 g/mol. The summed E-state index contributed by atoms with van der Waals surface area (Å²) in [4.78, 5) is 7.06. The number of nitrogens with zero attached hydrogens (tertiary/aromatic N) is 2. The molecule has 3 aliphatic rings. The summed E-state index contributed by atoms with van der Waals surface area (Å²) in [5.74, 6) is 1.71. The van der Waals surface area contributed by atoms with Crippen molar-refractivity contribution in [3.63, 3.8) is 0 Å². The van der Waals surface area contributed by atoms with E-state index in [1.54, 1.807) is 7.11 Å². The molecule has 3 unspecified atom stereocenters. The second kappa shape index (κ2) is 7.87. The maximum atomic E-state index is 5.52. The van der Waals surface area contributed by atoms with Crippen LogP contribution in [0.5, 0.6) is 0 Å². The molecular formula is C17H33IN4O. The lowest BCUT2D eigenvalue weighted by Crippen LogP contribution is -2.63. The molecule has 3 rings (SSSR count). The summed E-state index contributed by atoms with van der Waals surface area (Å²) in [5.41, 5.74) is 0.169. The smallest absolute Gasteiger partial charge is 0.191 e. The molecule has 1 heterocycles. The van der Waals surface area contributed by atoms with Gasteiger partial charge in [-0.05, 0) is 38.1 Å². The lowest BCUT2D eigenvalue weighted by atomic mass is 9.64. The number of hydrogen-bond acceptors (Lipinski definition) is 3. The van der Waals surface area contributed by atoms with E-state index < -0.39 is 0 Å². The highest BCUT2D eigenvalue weighted by molar-refractivity contribution is 14.0. The van der Waals surface area contributed by atoms with E-state index in [4.69, 9.17) is 4.74 Å².